The Morgan fingerprint density at radius 2 is 2.08 bits per heavy atom. The Hall–Kier alpha value is -1.24. The molecule has 0 bridgehead atoms. The van der Waals surface area contributed by atoms with Crippen LogP contribution in [0.2, 0.25) is 0 Å². The van der Waals surface area contributed by atoms with E-state index in [1.54, 1.807) is 12.2 Å². The molecular weight excluding hydrogens is 324 g/mol. The third-order valence-electron chi connectivity index (χ3n) is 4.66. The number of rotatable bonds is 13. The zero-order valence-corrected chi connectivity index (χ0v) is 15.1. The molecule has 0 aliphatic heterocycles. The van der Waals surface area contributed by atoms with Gasteiger partial charge in [-0.1, -0.05) is 38.3 Å². The molecule has 6 heteroatoms. The second-order valence-electron chi connectivity index (χ2n) is 6.77. The van der Waals surface area contributed by atoms with Crippen LogP contribution in [0.25, 0.3) is 0 Å². The Balaban J connectivity index is 2.39. The van der Waals surface area contributed by atoms with E-state index in [-0.39, 0.29) is 30.5 Å². The molecule has 144 valence electrons. The molecular formula is C19H32O6. The van der Waals surface area contributed by atoms with Crippen LogP contribution in [-0.2, 0) is 14.3 Å². The van der Waals surface area contributed by atoms with Crippen molar-refractivity contribution in [2.75, 3.05) is 13.2 Å². The molecule has 1 rings (SSSR count). The van der Waals surface area contributed by atoms with Gasteiger partial charge in [0.15, 0.2) is 0 Å². The molecule has 0 aromatic carbocycles. The van der Waals surface area contributed by atoms with E-state index in [4.69, 9.17) is 9.84 Å². The first-order chi connectivity index (χ1) is 12.0. The van der Waals surface area contributed by atoms with Crippen molar-refractivity contribution in [3.63, 3.8) is 0 Å². The van der Waals surface area contributed by atoms with E-state index in [0.717, 1.165) is 19.3 Å². The molecule has 0 aromatic heterocycles. The number of Topliss-reactive ketones (excluding diaryl/α,β-unsaturated/α-hetero) is 1. The standard InChI is InChI=1S/C19H32O6/c1-2-3-4-6-14(20)8-9-15-16(18(22)13-17(15)21)10-12-25-11-5-7-19(23)24/h8-9,14-16,18,20,22H,2-7,10-13H2,1H3,(H,23,24)/b9-8+/t14-,15+,16+,18-/m0/s1. The summed E-state index contributed by atoms with van der Waals surface area (Å²) in [5.74, 6) is -1.42. The van der Waals surface area contributed by atoms with Gasteiger partial charge in [-0.15, -0.1) is 0 Å². The molecule has 6 nitrogen and oxygen atoms in total. The third-order valence-corrected chi connectivity index (χ3v) is 4.66. The molecule has 0 amide bonds. The number of carbonyl (C=O) groups is 2. The molecule has 1 fully saturated rings. The summed E-state index contributed by atoms with van der Waals surface area (Å²) in [6.07, 6.45) is 7.22. The van der Waals surface area contributed by atoms with Crippen LogP contribution in [0.4, 0.5) is 0 Å². The number of ether oxygens (including phenoxy) is 1. The van der Waals surface area contributed by atoms with Crippen molar-refractivity contribution in [3.8, 4) is 0 Å². The van der Waals surface area contributed by atoms with Gasteiger partial charge in [0.2, 0.25) is 0 Å². The minimum atomic E-state index is -0.844. The smallest absolute Gasteiger partial charge is 0.303 e. The van der Waals surface area contributed by atoms with Crippen molar-refractivity contribution in [2.45, 2.75) is 70.5 Å². The lowest BCUT2D eigenvalue weighted by Gasteiger charge is -2.19. The van der Waals surface area contributed by atoms with Gasteiger partial charge in [0.25, 0.3) is 0 Å². The molecule has 1 saturated carbocycles. The number of aliphatic hydroxyl groups excluding tert-OH is 2. The van der Waals surface area contributed by atoms with E-state index < -0.39 is 18.2 Å². The molecule has 1 aliphatic rings. The van der Waals surface area contributed by atoms with E-state index in [2.05, 4.69) is 6.92 Å². The van der Waals surface area contributed by atoms with Crippen LogP contribution in [0.5, 0.6) is 0 Å². The summed E-state index contributed by atoms with van der Waals surface area (Å²) in [6.45, 7) is 2.85. The third kappa shape index (κ3) is 8.61. The summed E-state index contributed by atoms with van der Waals surface area (Å²) >= 11 is 0. The Kier molecular flexibility index (Phi) is 10.6. The molecule has 4 atom stereocenters. The Morgan fingerprint density at radius 3 is 2.76 bits per heavy atom. The monoisotopic (exact) mass is 356 g/mol. The maximum atomic E-state index is 12.1. The number of ketones is 1. The van der Waals surface area contributed by atoms with Crippen molar-refractivity contribution in [3.05, 3.63) is 12.2 Å². The van der Waals surface area contributed by atoms with Gasteiger partial charge in [0.1, 0.15) is 5.78 Å². The van der Waals surface area contributed by atoms with E-state index in [9.17, 15) is 19.8 Å². The van der Waals surface area contributed by atoms with Crippen molar-refractivity contribution in [1.29, 1.82) is 0 Å². The predicted molar refractivity (Wildman–Crippen MR) is 94.2 cm³/mol. The van der Waals surface area contributed by atoms with Crippen molar-refractivity contribution >= 4 is 11.8 Å². The number of allylic oxidation sites excluding steroid dienone is 1. The molecule has 3 N–H and O–H groups in total. The minimum absolute atomic E-state index is 0.000357. The molecule has 0 heterocycles. The fraction of sp³-hybridized carbons (Fsp3) is 0.789. The maximum absolute atomic E-state index is 12.1. The average molecular weight is 356 g/mol. The lowest BCUT2D eigenvalue weighted by molar-refractivity contribution is -0.137. The lowest BCUT2D eigenvalue weighted by atomic mass is 9.90. The van der Waals surface area contributed by atoms with Crippen LogP contribution in [0.3, 0.4) is 0 Å². The largest absolute Gasteiger partial charge is 0.481 e. The first kappa shape index (κ1) is 21.8. The number of hydrogen-bond donors (Lipinski definition) is 3. The zero-order chi connectivity index (χ0) is 18.7. The van der Waals surface area contributed by atoms with E-state index in [1.807, 2.05) is 0 Å². The van der Waals surface area contributed by atoms with Gasteiger partial charge in [0.05, 0.1) is 12.2 Å². The molecule has 0 unspecified atom stereocenters. The number of aliphatic carboxylic acids is 1. The minimum Gasteiger partial charge on any atom is -0.481 e. The van der Waals surface area contributed by atoms with Crippen LogP contribution in [0.1, 0.15) is 58.3 Å². The van der Waals surface area contributed by atoms with Gasteiger partial charge < -0.3 is 20.1 Å². The van der Waals surface area contributed by atoms with Gasteiger partial charge in [-0.2, -0.15) is 0 Å². The van der Waals surface area contributed by atoms with Gasteiger partial charge in [-0.3, -0.25) is 9.59 Å². The number of unbranched alkanes of at least 4 members (excludes halogenated alkanes) is 2. The molecule has 1 aliphatic carbocycles. The lowest BCUT2D eigenvalue weighted by Crippen LogP contribution is -2.21. The molecule has 0 spiro atoms. The van der Waals surface area contributed by atoms with Gasteiger partial charge in [0, 0.05) is 37.9 Å². The fourth-order valence-corrected chi connectivity index (χ4v) is 3.19. The Bertz CT molecular complexity index is 434. The van der Waals surface area contributed by atoms with Crippen molar-refractivity contribution in [1.82, 2.24) is 0 Å². The summed E-state index contributed by atoms with van der Waals surface area (Å²) < 4.78 is 5.41. The summed E-state index contributed by atoms with van der Waals surface area (Å²) in [6, 6.07) is 0. The highest BCUT2D eigenvalue weighted by Gasteiger charge is 2.39. The molecule has 25 heavy (non-hydrogen) atoms. The van der Waals surface area contributed by atoms with Crippen LogP contribution in [0.15, 0.2) is 12.2 Å². The van der Waals surface area contributed by atoms with E-state index >= 15 is 0 Å². The van der Waals surface area contributed by atoms with Gasteiger partial charge in [-0.25, -0.2) is 0 Å². The van der Waals surface area contributed by atoms with Crippen LogP contribution < -0.4 is 0 Å². The van der Waals surface area contributed by atoms with Gasteiger partial charge in [-0.05, 0) is 19.3 Å². The SMILES string of the molecule is CCCCC[C@H](O)/C=C/[C@H]1C(=O)C[C@H](O)[C@@H]1CCOCCCC(=O)O. The summed E-state index contributed by atoms with van der Waals surface area (Å²) in [5.41, 5.74) is 0. The zero-order valence-electron chi connectivity index (χ0n) is 15.1. The number of carboxylic acid groups (broad SMARTS) is 1. The van der Waals surface area contributed by atoms with Crippen LogP contribution in [-0.4, -0.2) is 52.5 Å². The fourth-order valence-electron chi connectivity index (χ4n) is 3.19. The van der Waals surface area contributed by atoms with E-state index in [0.29, 0.717) is 32.5 Å². The van der Waals surface area contributed by atoms with Gasteiger partial charge >= 0.3 is 5.97 Å². The Morgan fingerprint density at radius 1 is 1.32 bits per heavy atom. The molecule has 0 aromatic rings. The summed E-state index contributed by atoms with van der Waals surface area (Å²) in [7, 11) is 0. The maximum Gasteiger partial charge on any atom is 0.303 e. The Labute approximate surface area is 149 Å². The highest BCUT2D eigenvalue weighted by atomic mass is 16.5. The molecule has 0 saturated heterocycles. The molecule has 0 radical (unpaired) electrons. The highest BCUT2D eigenvalue weighted by Crippen LogP contribution is 2.33. The van der Waals surface area contributed by atoms with Crippen molar-refractivity contribution < 1.29 is 29.6 Å². The van der Waals surface area contributed by atoms with Crippen molar-refractivity contribution in [2.24, 2.45) is 11.8 Å². The number of carbonyl (C=O) groups excluding carboxylic acids is 1. The topological polar surface area (TPSA) is 104 Å². The second-order valence-corrected chi connectivity index (χ2v) is 6.77. The average Bonchev–Trinajstić information content (AvgIpc) is 2.82. The summed E-state index contributed by atoms with van der Waals surface area (Å²) in [4.78, 5) is 22.5. The number of aliphatic hydroxyl groups is 2. The normalized spacial score (nSPS) is 24.9. The van der Waals surface area contributed by atoms with E-state index in [1.165, 1.54) is 0 Å². The number of carboxylic acids is 1. The first-order valence-corrected chi connectivity index (χ1v) is 9.32. The predicted octanol–water partition coefficient (Wildman–Crippen LogP) is 2.32. The van der Waals surface area contributed by atoms with Crippen LogP contribution in [0, 0.1) is 11.8 Å². The number of hydrogen-bond acceptors (Lipinski definition) is 5. The van der Waals surface area contributed by atoms with Crippen LogP contribution >= 0.6 is 0 Å². The quantitative estimate of drug-likeness (QED) is 0.346. The second kappa shape index (κ2) is 12.2. The first-order valence-electron chi connectivity index (χ1n) is 9.32. The summed E-state index contributed by atoms with van der Waals surface area (Å²) in [5, 5.41) is 28.6. The highest BCUT2D eigenvalue weighted by molar-refractivity contribution is 5.85.